The van der Waals surface area contributed by atoms with Crippen LogP contribution >= 0.6 is 0 Å². The number of ether oxygens (including phenoxy) is 1. The molecule has 0 saturated heterocycles. The first-order valence-electron chi connectivity index (χ1n) is 7.71. The Labute approximate surface area is 159 Å². The average Bonchev–Trinajstić information content (AvgIpc) is 2.65. The van der Waals surface area contributed by atoms with Crippen molar-refractivity contribution in [2.24, 2.45) is 0 Å². The highest BCUT2D eigenvalue weighted by atomic mass is 32.2. The summed E-state index contributed by atoms with van der Waals surface area (Å²) in [5.74, 6) is -6.56. The van der Waals surface area contributed by atoms with Crippen LogP contribution in [0.15, 0.2) is 29.3 Å². The van der Waals surface area contributed by atoms with Gasteiger partial charge in [-0.05, 0) is 18.2 Å². The number of rotatable bonds is 7. The van der Waals surface area contributed by atoms with E-state index >= 15 is 0 Å². The molecule has 0 aromatic carbocycles. The van der Waals surface area contributed by atoms with Crippen LogP contribution in [0.3, 0.4) is 0 Å². The zero-order valence-corrected chi connectivity index (χ0v) is 15.2. The third-order valence-corrected chi connectivity index (χ3v) is 5.27. The molecule has 6 nitrogen and oxygen atoms in total. The van der Waals surface area contributed by atoms with E-state index in [9.17, 15) is 39.2 Å². The lowest BCUT2D eigenvalue weighted by Crippen LogP contribution is -2.34. The largest absolute Gasteiger partial charge is 0.470 e. The molecule has 160 valence electrons. The molecule has 2 aromatic rings. The van der Waals surface area contributed by atoms with Crippen LogP contribution in [-0.2, 0) is 16.0 Å². The van der Waals surface area contributed by atoms with Gasteiger partial charge >= 0.3 is 18.5 Å². The number of pyridine rings is 1. The van der Waals surface area contributed by atoms with E-state index in [-0.39, 0.29) is 5.75 Å². The molecule has 0 saturated carbocycles. The minimum Gasteiger partial charge on any atom is -0.470 e. The molecule has 14 heteroatoms. The van der Waals surface area contributed by atoms with Crippen LogP contribution < -0.4 is 4.74 Å². The van der Waals surface area contributed by atoms with Gasteiger partial charge in [0.2, 0.25) is 5.88 Å². The van der Waals surface area contributed by atoms with Gasteiger partial charge in [-0.15, -0.1) is 10.2 Å². The Morgan fingerprint density at radius 2 is 1.79 bits per heavy atom. The van der Waals surface area contributed by atoms with Gasteiger partial charge in [-0.1, -0.05) is 6.92 Å². The topological polar surface area (TPSA) is 82.0 Å². The lowest BCUT2D eigenvalue weighted by molar-refractivity contribution is -0.154. The van der Waals surface area contributed by atoms with Crippen LogP contribution in [0.2, 0.25) is 0 Å². The Bertz CT molecular complexity index is 981. The van der Waals surface area contributed by atoms with Crippen molar-refractivity contribution >= 4 is 9.84 Å². The normalized spacial score (nSPS) is 13.0. The molecular weight excluding hydrogens is 435 g/mol. The Hall–Kier alpha value is -2.51. The van der Waals surface area contributed by atoms with Crippen molar-refractivity contribution in [3.05, 3.63) is 30.0 Å². The lowest BCUT2D eigenvalue weighted by Gasteiger charge is -2.18. The first kappa shape index (κ1) is 22.8. The van der Waals surface area contributed by atoms with Crippen molar-refractivity contribution in [1.29, 1.82) is 0 Å². The summed E-state index contributed by atoms with van der Waals surface area (Å²) in [4.78, 5) is 3.30. The molecule has 0 N–H and O–H groups in total. The maximum absolute atomic E-state index is 13.3. The van der Waals surface area contributed by atoms with Crippen molar-refractivity contribution < 1.29 is 43.9 Å². The summed E-state index contributed by atoms with van der Waals surface area (Å²) in [5.41, 5.74) is -2.78. The number of nitrogens with zero attached hydrogens (tertiary/aromatic N) is 3. The summed E-state index contributed by atoms with van der Waals surface area (Å²) in [6, 6.07) is 2.64. The number of alkyl halides is 7. The van der Waals surface area contributed by atoms with E-state index in [2.05, 4.69) is 19.9 Å². The molecule has 0 aliphatic heterocycles. The standard InChI is InChI=1S/C15H12F7N3O3S/c1-2-29(26,27)10-4-3-5-23-11(10)9-6-8(15(20,21)22)12(25-24-9)28-7-14(18,19)13(16)17/h3-6,13H,2,7H2,1H3. The molecule has 0 bridgehead atoms. The Kier molecular flexibility index (Phi) is 6.35. The smallest absolute Gasteiger partial charge is 0.421 e. The maximum atomic E-state index is 13.3. The second-order valence-electron chi connectivity index (χ2n) is 5.55. The minimum atomic E-state index is -5.20. The molecule has 2 aromatic heterocycles. The third kappa shape index (κ3) is 5.10. The minimum absolute atomic E-state index is 0.292. The summed E-state index contributed by atoms with van der Waals surface area (Å²) in [6.45, 7) is -0.764. The highest BCUT2D eigenvalue weighted by Gasteiger charge is 2.43. The second kappa shape index (κ2) is 8.08. The predicted molar refractivity (Wildman–Crippen MR) is 84.4 cm³/mol. The Morgan fingerprint density at radius 3 is 2.34 bits per heavy atom. The van der Waals surface area contributed by atoms with Gasteiger partial charge in [-0.2, -0.15) is 22.0 Å². The first-order valence-corrected chi connectivity index (χ1v) is 9.36. The van der Waals surface area contributed by atoms with Crippen LogP contribution in [-0.4, -0.2) is 48.3 Å². The molecular formula is C15H12F7N3O3S. The predicted octanol–water partition coefficient (Wildman–Crippen LogP) is 3.63. The van der Waals surface area contributed by atoms with Gasteiger partial charge < -0.3 is 4.74 Å². The molecule has 2 rings (SSSR count). The number of sulfone groups is 1. The Balaban J connectivity index is 2.54. The number of halogens is 7. The summed E-state index contributed by atoms with van der Waals surface area (Å²) >= 11 is 0. The summed E-state index contributed by atoms with van der Waals surface area (Å²) < 4.78 is 119. The highest BCUT2D eigenvalue weighted by molar-refractivity contribution is 7.91. The van der Waals surface area contributed by atoms with E-state index in [1.165, 1.54) is 13.0 Å². The molecule has 0 radical (unpaired) electrons. The molecule has 0 fully saturated rings. The number of aromatic nitrogens is 3. The van der Waals surface area contributed by atoms with Crippen LogP contribution in [0.1, 0.15) is 12.5 Å². The van der Waals surface area contributed by atoms with Gasteiger partial charge in [0.05, 0.1) is 10.6 Å². The highest BCUT2D eigenvalue weighted by Crippen LogP contribution is 2.38. The van der Waals surface area contributed by atoms with Crippen LogP contribution in [0.25, 0.3) is 11.4 Å². The fourth-order valence-electron chi connectivity index (χ4n) is 2.02. The van der Waals surface area contributed by atoms with Gasteiger partial charge in [0.1, 0.15) is 17.0 Å². The van der Waals surface area contributed by atoms with Crippen molar-refractivity contribution in [3.8, 4) is 17.3 Å². The molecule has 0 amide bonds. The molecule has 0 atom stereocenters. The second-order valence-corrected chi connectivity index (χ2v) is 7.80. The molecule has 2 heterocycles. The molecule has 0 spiro atoms. The van der Waals surface area contributed by atoms with Crippen LogP contribution in [0.4, 0.5) is 30.7 Å². The zero-order valence-electron chi connectivity index (χ0n) is 14.4. The van der Waals surface area contributed by atoms with E-state index in [0.29, 0.717) is 6.07 Å². The number of hydrogen-bond acceptors (Lipinski definition) is 6. The van der Waals surface area contributed by atoms with Crippen LogP contribution in [0.5, 0.6) is 5.88 Å². The van der Waals surface area contributed by atoms with Gasteiger partial charge in [0, 0.05) is 6.20 Å². The van der Waals surface area contributed by atoms with E-state index in [1.807, 2.05) is 0 Å². The van der Waals surface area contributed by atoms with Crippen molar-refractivity contribution in [2.45, 2.75) is 30.3 Å². The SMILES string of the molecule is CCS(=O)(=O)c1cccnc1-c1cc(C(F)(F)F)c(OCC(F)(F)C(F)F)nn1. The van der Waals surface area contributed by atoms with Crippen LogP contribution in [0, 0.1) is 0 Å². The molecule has 0 aliphatic carbocycles. The van der Waals surface area contributed by atoms with Crippen molar-refractivity contribution in [3.63, 3.8) is 0 Å². The number of hydrogen-bond donors (Lipinski definition) is 0. The molecule has 29 heavy (non-hydrogen) atoms. The lowest BCUT2D eigenvalue weighted by atomic mass is 10.2. The van der Waals surface area contributed by atoms with E-state index < -0.39 is 62.7 Å². The Morgan fingerprint density at radius 1 is 1.14 bits per heavy atom. The van der Waals surface area contributed by atoms with Crippen molar-refractivity contribution in [1.82, 2.24) is 15.2 Å². The zero-order chi connectivity index (χ0) is 22.0. The third-order valence-electron chi connectivity index (χ3n) is 3.51. The van der Waals surface area contributed by atoms with E-state index in [1.54, 1.807) is 0 Å². The van der Waals surface area contributed by atoms with Gasteiger partial charge in [0.15, 0.2) is 16.4 Å². The summed E-state index contributed by atoms with van der Waals surface area (Å²) in [5, 5.41) is 6.37. The van der Waals surface area contributed by atoms with Gasteiger partial charge in [0.25, 0.3) is 0 Å². The average molecular weight is 447 g/mol. The quantitative estimate of drug-likeness (QED) is 0.603. The molecule has 0 unspecified atom stereocenters. The van der Waals surface area contributed by atoms with E-state index in [0.717, 1.165) is 12.3 Å². The van der Waals surface area contributed by atoms with Gasteiger partial charge in [-0.25, -0.2) is 17.2 Å². The summed E-state index contributed by atoms with van der Waals surface area (Å²) in [6.07, 6.45) is -8.26. The maximum Gasteiger partial charge on any atom is 0.421 e. The summed E-state index contributed by atoms with van der Waals surface area (Å²) in [7, 11) is -3.90. The fraction of sp³-hybridized carbons (Fsp3) is 0.400. The monoisotopic (exact) mass is 447 g/mol. The molecule has 0 aliphatic rings. The van der Waals surface area contributed by atoms with E-state index in [4.69, 9.17) is 0 Å². The van der Waals surface area contributed by atoms with Crippen molar-refractivity contribution in [2.75, 3.05) is 12.4 Å². The van der Waals surface area contributed by atoms with Gasteiger partial charge in [-0.3, -0.25) is 4.98 Å². The first-order chi connectivity index (χ1) is 13.3. The fourth-order valence-corrected chi connectivity index (χ4v) is 3.07.